The Labute approximate surface area is 97.2 Å². The van der Waals surface area contributed by atoms with E-state index in [0.717, 1.165) is 28.8 Å². The first kappa shape index (κ1) is 10.7. The summed E-state index contributed by atoms with van der Waals surface area (Å²) in [5.41, 5.74) is 1.10. The molecule has 0 aliphatic rings. The molecule has 2 rings (SSSR count). The predicted octanol–water partition coefficient (Wildman–Crippen LogP) is 2.51. The fraction of sp³-hybridized carbons (Fsp3) is 0.400. The van der Waals surface area contributed by atoms with Crippen LogP contribution in [0.1, 0.15) is 20.6 Å². The lowest BCUT2D eigenvalue weighted by atomic mass is 10.5. The van der Waals surface area contributed by atoms with Gasteiger partial charge in [-0.15, -0.1) is 22.7 Å². The molecule has 0 aromatic carbocycles. The summed E-state index contributed by atoms with van der Waals surface area (Å²) in [4.78, 5) is 9.88. The van der Waals surface area contributed by atoms with Crippen LogP contribution in [0.4, 0.5) is 0 Å². The third-order valence-corrected chi connectivity index (χ3v) is 3.79. The standard InChI is InChI=1S/C10H13N3S2/c1-7-6-14-10(13-7)5-11-3-9-4-12-8(2)15-9/h4,6,11H,3,5H2,1-2H3. The Morgan fingerprint density at radius 2 is 2.20 bits per heavy atom. The van der Waals surface area contributed by atoms with Crippen LogP contribution in [-0.2, 0) is 13.1 Å². The molecular formula is C10H13N3S2. The van der Waals surface area contributed by atoms with E-state index in [4.69, 9.17) is 0 Å². The highest BCUT2D eigenvalue weighted by Gasteiger charge is 2.00. The zero-order valence-corrected chi connectivity index (χ0v) is 10.4. The van der Waals surface area contributed by atoms with Crippen LogP contribution < -0.4 is 5.32 Å². The first-order chi connectivity index (χ1) is 7.24. The molecule has 0 amide bonds. The molecule has 0 aliphatic carbocycles. The third-order valence-electron chi connectivity index (χ3n) is 1.91. The van der Waals surface area contributed by atoms with Gasteiger partial charge in [0.05, 0.1) is 5.01 Å². The second-order valence-electron chi connectivity index (χ2n) is 3.33. The van der Waals surface area contributed by atoms with E-state index in [9.17, 15) is 0 Å². The number of nitrogens with one attached hydrogen (secondary N) is 1. The first-order valence-corrected chi connectivity index (χ1v) is 6.46. The lowest BCUT2D eigenvalue weighted by Gasteiger charge is -1.98. The van der Waals surface area contributed by atoms with Crippen LogP contribution in [0.5, 0.6) is 0 Å². The summed E-state index contributed by atoms with van der Waals surface area (Å²) in [6.07, 6.45) is 1.93. The Morgan fingerprint density at radius 1 is 1.33 bits per heavy atom. The average Bonchev–Trinajstić information content (AvgIpc) is 2.76. The van der Waals surface area contributed by atoms with Crippen LogP contribution in [0.25, 0.3) is 0 Å². The molecule has 3 nitrogen and oxygen atoms in total. The van der Waals surface area contributed by atoms with Crippen molar-refractivity contribution in [2.45, 2.75) is 26.9 Å². The molecule has 0 saturated carbocycles. The summed E-state index contributed by atoms with van der Waals surface area (Å²) in [5, 5.41) is 7.71. The SMILES string of the molecule is Cc1csc(CNCc2cnc(C)s2)n1. The van der Waals surface area contributed by atoms with Gasteiger partial charge >= 0.3 is 0 Å². The molecule has 2 aromatic heterocycles. The minimum atomic E-state index is 0.843. The van der Waals surface area contributed by atoms with E-state index in [1.807, 2.05) is 20.0 Å². The Hall–Kier alpha value is -0.780. The summed E-state index contributed by atoms with van der Waals surface area (Å²) in [6.45, 7) is 5.77. The van der Waals surface area contributed by atoms with Gasteiger partial charge in [0.25, 0.3) is 0 Å². The number of rotatable bonds is 4. The molecule has 0 fully saturated rings. The number of aromatic nitrogens is 2. The van der Waals surface area contributed by atoms with Gasteiger partial charge in [-0.05, 0) is 13.8 Å². The first-order valence-electron chi connectivity index (χ1n) is 4.77. The second-order valence-corrected chi connectivity index (χ2v) is 5.59. The Balaban J connectivity index is 1.80. The maximum atomic E-state index is 4.39. The summed E-state index contributed by atoms with van der Waals surface area (Å²) >= 11 is 3.44. The van der Waals surface area contributed by atoms with Crippen LogP contribution in [-0.4, -0.2) is 9.97 Å². The van der Waals surface area contributed by atoms with Crippen LogP contribution in [0.2, 0.25) is 0 Å². The third kappa shape index (κ3) is 3.09. The van der Waals surface area contributed by atoms with Gasteiger partial charge in [0.15, 0.2) is 0 Å². The monoisotopic (exact) mass is 239 g/mol. The van der Waals surface area contributed by atoms with Crippen LogP contribution >= 0.6 is 22.7 Å². The number of aryl methyl sites for hydroxylation is 2. The van der Waals surface area contributed by atoms with Gasteiger partial charge in [-0.25, -0.2) is 9.97 Å². The van der Waals surface area contributed by atoms with E-state index in [0.29, 0.717) is 0 Å². The van der Waals surface area contributed by atoms with Crippen molar-refractivity contribution in [2.24, 2.45) is 0 Å². The zero-order chi connectivity index (χ0) is 10.7. The molecule has 0 atom stereocenters. The van der Waals surface area contributed by atoms with Gasteiger partial charge in [-0.3, -0.25) is 0 Å². The lowest BCUT2D eigenvalue weighted by Crippen LogP contribution is -2.11. The summed E-state index contributed by atoms with van der Waals surface area (Å²) < 4.78 is 0. The zero-order valence-electron chi connectivity index (χ0n) is 8.78. The van der Waals surface area contributed by atoms with Gasteiger partial charge in [-0.1, -0.05) is 0 Å². The molecular weight excluding hydrogens is 226 g/mol. The minimum absolute atomic E-state index is 0.843. The largest absolute Gasteiger partial charge is 0.305 e. The van der Waals surface area contributed by atoms with Crippen molar-refractivity contribution in [3.05, 3.63) is 32.2 Å². The quantitative estimate of drug-likeness (QED) is 0.891. The lowest BCUT2D eigenvalue weighted by molar-refractivity contribution is 0.695. The van der Waals surface area contributed by atoms with E-state index in [2.05, 4.69) is 20.7 Å². The molecule has 15 heavy (non-hydrogen) atoms. The van der Waals surface area contributed by atoms with E-state index < -0.39 is 0 Å². The number of thiazole rings is 2. The minimum Gasteiger partial charge on any atom is -0.305 e. The molecule has 0 aliphatic heterocycles. The Bertz CT molecular complexity index is 393. The fourth-order valence-electron chi connectivity index (χ4n) is 1.26. The van der Waals surface area contributed by atoms with Gasteiger partial charge < -0.3 is 5.32 Å². The van der Waals surface area contributed by atoms with E-state index in [1.165, 1.54) is 4.88 Å². The highest BCUT2D eigenvalue weighted by molar-refractivity contribution is 7.11. The van der Waals surface area contributed by atoms with Crippen molar-refractivity contribution in [1.29, 1.82) is 0 Å². The van der Waals surface area contributed by atoms with Crippen molar-refractivity contribution in [3.8, 4) is 0 Å². The van der Waals surface area contributed by atoms with Crippen LogP contribution in [0, 0.1) is 13.8 Å². The maximum Gasteiger partial charge on any atom is 0.107 e. The van der Waals surface area contributed by atoms with Crippen molar-refractivity contribution in [3.63, 3.8) is 0 Å². The highest BCUT2D eigenvalue weighted by atomic mass is 32.1. The van der Waals surface area contributed by atoms with Crippen LogP contribution in [0.15, 0.2) is 11.6 Å². The van der Waals surface area contributed by atoms with Crippen molar-refractivity contribution < 1.29 is 0 Å². The van der Waals surface area contributed by atoms with E-state index in [1.54, 1.807) is 22.7 Å². The molecule has 0 unspecified atom stereocenters. The summed E-state index contributed by atoms with van der Waals surface area (Å²) in [7, 11) is 0. The van der Waals surface area contributed by atoms with Crippen molar-refractivity contribution in [1.82, 2.24) is 15.3 Å². The van der Waals surface area contributed by atoms with Gasteiger partial charge in [0, 0.05) is 35.2 Å². The van der Waals surface area contributed by atoms with Gasteiger partial charge in [0.1, 0.15) is 5.01 Å². The van der Waals surface area contributed by atoms with E-state index in [-0.39, 0.29) is 0 Å². The topological polar surface area (TPSA) is 37.8 Å². The predicted molar refractivity (Wildman–Crippen MR) is 64.2 cm³/mol. The molecule has 0 radical (unpaired) electrons. The fourth-order valence-corrected chi connectivity index (χ4v) is 2.77. The molecule has 0 bridgehead atoms. The number of hydrogen-bond donors (Lipinski definition) is 1. The van der Waals surface area contributed by atoms with Crippen LogP contribution in [0.3, 0.4) is 0 Å². The average molecular weight is 239 g/mol. The highest BCUT2D eigenvalue weighted by Crippen LogP contribution is 2.12. The smallest absolute Gasteiger partial charge is 0.107 e. The number of hydrogen-bond acceptors (Lipinski definition) is 5. The molecule has 2 heterocycles. The van der Waals surface area contributed by atoms with Gasteiger partial charge in [0.2, 0.25) is 0 Å². The Kier molecular flexibility index (Phi) is 3.45. The maximum absolute atomic E-state index is 4.39. The van der Waals surface area contributed by atoms with Crippen molar-refractivity contribution in [2.75, 3.05) is 0 Å². The molecule has 2 aromatic rings. The van der Waals surface area contributed by atoms with Crippen molar-refractivity contribution >= 4 is 22.7 Å². The molecule has 80 valence electrons. The normalized spacial score (nSPS) is 10.8. The van der Waals surface area contributed by atoms with E-state index >= 15 is 0 Å². The number of nitrogens with zero attached hydrogens (tertiary/aromatic N) is 2. The molecule has 5 heteroatoms. The molecule has 1 N–H and O–H groups in total. The summed E-state index contributed by atoms with van der Waals surface area (Å²) in [5.74, 6) is 0. The molecule has 0 saturated heterocycles. The summed E-state index contributed by atoms with van der Waals surface area (Å²) in [6, 6.07) is 0. The second kappa shape index (κ2) is 4.83. The molecule has 0 spiro atoms. The van der Waals surface area contributed by atoms with Gasteiger partial charge in [-0.2, -0.15) is 0 Å². The Morgan fingerprint density at radius 3 is 2.80 bits per heavy atom.